The zero-order valence-electron chi connectivity index (χ0n) is 10.1. The molecule has 2 heterocycles. The predicted octanol–water partition coefficient (Wildman–Crippen LogP) is 3.21. The number of hydrogen-bond acceptors (Lipinski definition) is 6. The Balaban J connectivity index is 2.20. The van der Waals surface area contributed by atoms with E-state index in [2.05, 4.69) is 15.0 Å². The van der Waals surface area contributed by atoms with Gasteiger partial charge in [-0.3, -0.25) is 9.97 Å². The summed E-state index contributed by atoms with van der Waals surface area (Å²) in [6.07, 6.45) is 3.19. The fraction of sp³-hybridized carbons (Fsp3) is 0. The van der Waals surface area contributed by atoms with E-state index in [0.29, 0.717) is 17.2 Å². The van der Waals surface area contributed by atoms with Crippen molar-refractivity contribution in [3.8, 4) is 27.6 Å². The van der Waals surface area contributed by atoms with Crippen LogP contribution in [0.15, 0.2) is 36.1 Å². The van der Waals surface area contributed by atoms with Crippen molar-refractivity contribution in [3.05, 3.63) is 41.1 Å². The third-order valence-corrected chi connectivity index (χ3v) is 3.76. The molecule has 5 nitrogen and oxygen atoms in total. The number of aromatic hydroxyl groups is 1. The molecule has 20 heavy (non-hydrogen) atoms. The number of aromatic nitrogens is 3. The molecule has 0 aliphatic rings. The van der Waals surface area contributed by atoms with E-state index in [-0.39, 0.29) is 10.8 Å². The van der Waals surface area contributed by atoms with Gasteiger partial charge in [0.2, 0.25) is 0 Å². The topological polar surface area (TPSA) is 84.9 Å². The predicted molar refractivity (Wildman–Crippen MR) is 79.7 cm³/mol. The van der Waals surface area contributed by atoms with Crippen molar-refractivity contribution in [2.24, 2.45) is 0 Å². The van der Waals surface area contributed by atoms with Crippen molar-refractivity contribution in [3.63, 3.8) is 0 Å². The molecule has 7 heteroatoms. The fourth-order valence-corrected chi connectivity index (χ4v) is 2.56. The summed E-state index contributed by atoms with van der Waals surface area (Å²) in [6.45, 7) is 0. The van der Waals surface area contributed by atoms with Gasteiger partial charge in [0.15, 0.2) is 0 Å². The van der Waals surface area contributed by atoms with Crippen LogP contribution in [-0.2, 0) is 0 Å². The second kappa shape index (κ2) is 5.07. The first-order valence-corrected chi connectivity index (χ1v) is 6.91. The van der Waals surface area contributed by atoms with Crippen LogP contribution < -0.4 is 5.73 Å². The lowest BCUT2D eigenvalue weighted by atomic mass is 10.1. The molecule has 0 radical (unpaired) electrons. The number of rotatable bonds is 2. The van der Waals surface area contributed by atoms with E-state index >= 15 is 0 Å². The Bertz CT molecular complexity index is 761. The molecule has 1 aromatic carbocycles. The molecule has 0 aliphatic heterocycles. The summed E-state index contributed by atoms with van der Waals surface area (Å²) in [6, 6.07) is 4.89. The number of nitrogens with zero attached hydrogens (tertiary/aromatic N) is 3. The van der Waals surface area contributed by atoms with Gasteiger partial charge in [-0.15, -0.1) is 11.3 Å². The minimum atomic E-state index is 0.0261. The Morgan fingerprint density at radius 3 is 2.75 bits per heavy atom. The highest BCUT2D eigenvalue weighted by atomic mass is 35.5. The van der Waals surface area contributed by atoms with Crippen molar-refractivity contribution >= 4 is 28.8 Å². The molecule has 0 aliphatic carbocycles. The number of anilines is 1. The Morgan fingerprint density at radius 1 is 1.20 bits per heavy atom. The molecule has 0 atom stereocenters. The van der Waals surface area contributed by atoms with Crippen LogP contribution in [0.5, 0.6) is 5.75 Å². The Kier molecular flexibility index (Phi) is 3.25. The molecule has 0 bridgehead atoms. The number of hydrogen-bond donors (Lipinski definition) is 2. The number of phenolic OH excluding ortho intramolecular Hbond substituents is 1. The molecule has 0 fully saturated rings. The number of nitrogen functional groups attached to an aromatic ring is 1. The number of thiazole rings is 1. The van der Waals surface area contributed by atoms with Gasteiger partial charge in [-0.1, -0.05) is 11.6 Å². The van der Waals surface area contributed by atoms with Crippen molar-refractivity contribution in [2.45, 2.75) is 0 Å². The Morgan fingerprint density at radius 2 is 2.05 bits per heavy atom. The van der Waals surface area contributed by atoms with Gasteiger partial charge in [0.25, 0.3) is 0 Å². The van der Waals surface area contributed by atoms with Gasteiger partial charge in [0.05, 0.1) is 27.3 Å². The van der Waals surface area contributed by atoms with Gasteiger partial charge in [0.1, 0.15) is 17.3 Å². The number of halogens is 1. The van der Waals surface area contributed by atoms with Crippen molar-refractivity contribution in [1.29, 1.82) is 0 Å². The van der Waals surface area contributed by atoms with Crippen LogP contribution in [0.25, 0.3) is 21.8 Å². The molecule has 0 saturated heterocycles. The molecular weight excluding hydrogens is 296 g/mol. The van der Waals surface area contributed by atoms with E-state index in [1.54, 1.807) is 23.8 Å². The molecule has 100 valence electrons. The number of phenols is 1. The van der Waals surface area contributed by atoms with Gasteiger partial charge in [0, 0.05) is 11.8 Å². The molecule has 0 unspecified atom stereocenters. The fourth-order valence-electron chi connectivity index (χ4n) is 1.77. The zero-order chi connectivity index (χ0) is 14.1. The van der Waals surface area contributed by atoms with Crippen LogP contribution in [0.3, 0.4) is 0 Å². The van der Waals surface area contributed by atoms with Crippen LogP contribution in [0.2, 0.25) is 5.02 Å². The lowest BCUT2D eigenvalue weighted by Crippen LogP contribution is -1.97. The molecule has 0 amide bonds. The summed E-state index contributed by atoms with van der Waals surface area (Å²) >= 11 is 7.39. The molecule has 3 aromatic rings. The SMILES string of the molecule is Nc1cnc(-c2ccc(O)c(Cl)c2)c(-c2cncs2)n1. The summed E-state index contributed by atoms with van der Waals surface area (Å²) in [5.74, 6) is 0.361. The second-order valence-electron chi connectivity index (χ2n) is 4.02. The first kappa shape index (κ1) is 12.8. The number of benzene rings is 1. The van der Waals surface area contributed by atoms with E-state index in [0.717, 1.165) is 10.4 Å². The Labute approximate surface area is 123 Å². The Hall–Kier alpha value is -2.18. The normalized spacial score (nSPS) is 10.7. The summed E-state index contributed by atoms with van der Waals surface area (Å²) in [5, 5.41) is 9.75. The highest BCUT2D eigenvalue weighted by Crippen LogP contribution is 2.34. The second-order valence-corrected chi connectivity index (χ2v) is 5.32. The van der Waals surface area contributed by atoms with Gasteiger partial charge in [-0.05, 0) is 18.2 Å². The van der Waals surface area contributed by atoms with Crippen LogP contribution in [0.1, 0.15) is 0 Å². The summed E-state index contributed by atoms with van der Waals surface area (Å²) < 4.78 is 0. The van der Waals surface area contributed by atoms with Crippen LogP contribution in [0, 0.1) is 0 Å². The van der Waals surface area contributed by atoms with E-state index in [9.17, 15) is 5.11 Å². The molecular formula is C13H9ClN4OS. The minimum Gasteiger partial charge on any atom is -0.506 e. The lowest BCUT2D eigenvalue weighted by Gasteiger charge is -2.08. The third kappa shape index (κ3) is 2.31. The highest BCUT2D eigenvalue weighted by Gasteiger charge is 2.14. The van der Waals surface area contributed by atoms with Crippen molar-refractivity contribution < 1.29 is 5.11 Å². The van der Waals surface area contributed by atoms with Gasteiger partial charge >= 0.3 is 0 Å². The van der Waals surface area contributed by atoms with Gasteiger partial charge in [-0.2, -0.15) is 0 Å². The van der Waals surface area contributed by atoms with Gasteiger partial charge < -0.3 is 10.8 Å². The number of nitrogens with two attached hydrogens (primary N) is 1. The van der Waals surface area contributed by atoms with Crippen molar-refractivity contribution in [2.75, 3.05) is 5.73 Å². The maximum Gasteiger partial charge on any atom is 0.142 e. The third-order valence-electron chi connectivity index (χ3n) is 2.68. The van der Waals surface area contributed by atoms with E-state index in [4.69, 9.17) is 17.3 Å². The molecule has 0 spiro atoms. The lowest BCUT2D eigenvalue weighted by molar-refractivity contribution is 0.475. The molecule has 2 aromatic heterocycles. The molecule has 0 saturated carbocycles. The smallest absolute Gasteiger partial charge is 0.142 e. The summed E-state index contributed by atoms with van der Waals surface area (Å²) in [7, 11) is 0. The molecule has 3 rings (SSSR count). The van der Waals surface area contributed by atoms with E-state index in [1.807, 2.05) is 0 Å². The summed E-state index contributed by atoms with van der Waals surface area (Å²) in [4.78, 5) is 13.6. The van der Waals surface area contributed by atoms with E-state index < -0.39 is 0 Å². The maximum absolute atomic E-state index is 9.49. The molecule has 3 N–H and O–H groups in total. The monoisotopic (exact) mass is 304 g/mol. The maximum atomic E-state index is 9.49. The largest absolute Gasteiger partial charge is 0.506 e. The van der Waals surface area contributed by atoms with Crippen LogP contribution in [0.4, 0.5) is 5.82 Å². The average molecular weight is 305 g/mol. The highest BCUT2D eigenvalue weighted by molar-refractivity contribution is 7.13. The first-order chi connectivity index (χ1) is 9.65. The van der Waals surface area contributed by atoms with E-state index in [1.165, 1.54) is 23.6 Å². The summed E-state index contributed by atoms with van der Waals surface area (Å²) in [5.41, 5.74) is 9.47. The minimum absolute atomic E-state index is 0.0261. The standard InChI is InChI=1S/C13H9ClN4OS/c14-8-3-7(1-2-9(8)19)12-13(10-4-16-6-20-10)18-11(15)5-17-12/h1-6,19H,(H2,15,18). The average Bonchev–Trinajstić information content (AvgIpc) is 2.96. The van der Waals surface area contributed by atoms with Crippen LogP contribution in [-0.4, -0.2) is 20.1 Å². The first-order valence-electron chi connectivity index (χ1n) is 5.65. The quantitative estimate of drug-likeness (QED) is 0.759. The van der Waals surface area contributed by atoms with Crippen LogP contribution >= 0.6 is 22.9 Å². The zero-order valence-corrected chi connectivity index (χ0v) is 11.7. The van der Waals surface area contributed by atoms with Gasteiger partial charge in [-0.25, -0.2) is 4.98 Å². The van der Waals surface area contributed by atoms with Crippen molar-refractivity contribution in [1.82, 2.24) is 15.0 Å².